The Morgan fingerprint density at radius 1 is 1.60 bits per heavy atom. The quantitative estimate of drug-likeness (QED) is 0.447. The number of hydrogen-bond acceptors (Lipinski definition) is 0. The van der Waals surface area contributed by atoms with Crippen LogP contribution in [0.5, 0.6) is 0 Å². The lowest BCUT2D eigenvalue weighted by atomic mass is 10.9. The smallest absolute Gasteiger partial charge is 0.0840 e. The van der Waals surface area contributed by atoms with Crippen molar-refractivity contribution >= 4 is 34.8 Å². The van der Waals surface area contributed by atoms with Crippen LogP contribution in [0.2, 0.25) is 0 Å². The van der Waals surface area contributed by atoms with Crippen LogP contribution in [0.15, 0.2) is 0 Å². The second-order valence-corrected chi connectivity index (χ2v) is 2.91. The molecule has 0 N–H and O–H groups in total. The molecule has 0 spiro atoms. The molecular formula is C2H3Cl3. The molecule has 0 aromatic carbocycles. The van der Waals surface area contributed by atoms with Crippen LogP contribution >= 0.6 is 34.8 Å². The molecule has 0 bridgehead atoms. The summed E-state index contributed by atoms with van der Waals surface area (Å²) in [5, 5.41) is 0. The number of rotatable bonds is 0. The number of hydrogen-bond donors (Lipinski definition) is 0. The summed E-state index contributed by atoms with van der Waals surface area (Å²) in [7, 11) is 0. The molecule has 5 heavy (non-hydrogen) atoms. The molecule has 0 unspecified atom stereocenters. The highest BCUT2D eigenvalue weighted by Gasteiger charge is 2.07. The van der Waals surface area contributed by atoms with Crippen molar-refractivity contribution in [2.24, 2.45) is 0 Å². The summed E-state index contributed by atoms with van der Waals surface area (Å²) >= 11 is 15.1. The van der Waals surface area contributed by atoms with Gasteiger partial charge in [-0.05, 0) is 6.88 Å². The fourth-order valence-corrected chi connectivity index (χ4v) is 0. The fraction of sp³-hybridized carbons (Fsp3) is 1.00. The van der Waals surface area contributed by atoms with Crippen LogP contribution in [0.3, 0.4) is 0 Å². The molecule has 0 saturated carbocycles. The molecule has 0 aliphatic rings. The molecule has 0 atom stereocenters. The maximum absolute atomic E-state index is 6.50. The minimum absolute atomic E-state index is 1.41. The molecule has 32 valence electrons. The van der Waals surface area contributed by atoms with Gasteiger partial charge in [-0.1, -0.05) is 34.8 Å². The summed E-state index contributed by atoms with van der Waals surface area (Å²) in [5.41, 5.74) is 0. The van der Waals surface area contributed by atoms with Gasteiger partial charge in [-0.2, -0.15) is 0 Å². The lowest BCUT2D eigenvalue weighted by Crippen LogP contribution is -1.87. The monoisotopic (exact) mass is 134 g/mol. The van der Waals surface area contributed by atoms with Crippen LogP contribution < -0.4 is 0 Å². The van der Waals surface area contributed by atoms with E-state index < -0.39 is 10.7 Å². The Morgan fingerprint density at radius 3 is 1.80 bits per heavy atom. The molecule has 0 heterocycles. The normalized spacial score (nSPS) is 18.4. The van der Waals surface area contributed by atoms with Gasteiger partial charge >= 0.3 is 0 Å². The summed E-state index contributed by atoms with van der Waals surface area (Å²) < 4.78 is 11.2. The van der Waals surface area contributed by atoms with Crippen LogP contribution in [-0.4, -0.2) is 3.79 Å². The predicted molar refractivity (Wildman–Crippen MR) is 26.0 cm³/mol. The summed E-state index contributed by atoms with van der Waals surface area (Å²) in [6, 6.07) is 0. The zero-order valence-corrected chi connectivity index (χ0v) is 4.48. The maximum Gasteiger partial charge on any atom is 0.187 e. The van der Waals surface area contributed by atoms with Gasteiger partial charge in [-0.15, -0.1) is 0 Å². The van der Waals surface area contributed by atoms with E-state index in [1.807, 2.05) is 0 Å². The first kappa shape index (κ1) is 2.95. The Kier molecular flexibility index (Phi) is 0.912. The van der Waals surface area contributed by atoms with Gasteiger partial charge in [0.1, 0.15) is 0 Å². The maximum atomic E-state index is 6.50. The van der Waals surface area contributed by atoms with E-state index >= 15 is 0 Å². The van der Waals surface area contributed by atoms with Gasteiger partial charge in [0.2, 0.25) is 0 Å². The molecular weight excluding hydrogens is 130 g/mol. The van der Waals surface area contributed by atoms with E-state index in [0.29, 0.717) is 0 Å². The molecule has 0 aliphatic carbocycles. The fourth-order valence-electron chi connectivity index (χ4n) is 0. The minimum Gasteiger partial charge on any atom is -0.0840 e. The van der Waals surface area contributed by atoms with E-state index in [9.17, 15) is 0 Å². The van der Waals surface area contributed by atoms with Crippen molar-refractivity contribution in [2.75, 3.05) is 0 Å². The molecule has 0 saturated heterocycles. The molecule has 0 fully saturated rings. The Bertz CT molecular complexity index is 56.4. The second-order valence-electron chi connectivity index (χ2n) is 0.542. The van der Waals surface area contributed by atoms with Gasteiger partial charge in [0, 0.05) is 2.74 Å². The first-order chi connectivity index (χ1) is 2.94. The molecule has 0 aromatic rings. The van der Waals surface area contributed by atoms with Gasteiger partial charge in [-0.3, -0.25) is 0 Å². The van der Waals surface area contributed by atoms with Crippen molar-refractivity contribution in [1.29, 1.82) is 0 Å². The third kappa shape index (κ3) is 53.0. The van der Waals surface area contributed by atoms with E-state index in [2.05, 4.69) is 0 Å². The molecule has 3 heteroatoms. The van der Waals surface area contributed by atoms with Gasteiger partial charge in [0.25, 0.3) is 0 Å². The van der Waals surface area contributed by atoms with Crippen molar-refractivity contribution in [2.45, 2.75) is 10.7 Å². The van der Waals surface area contributed by atoms with Gasteiger partial charge < -0.3 is 0 Å². The Balaban J connectivity index is 3.54. The highest BCUT2D eigenvalue weighted by molar-refractivity contribution is 6.67. The van der Waals surface area contributed by atoms with E-state index in [0.717, 1.165) is 0 Å². The summed E-state index contributed by atoms with van der Waals surface area (Å²) in [5.74, 6) is 0. The van der Waals surface area contributed by atoms with Crippen LogP contribution in [0.1, 0.15) is 9.62 Å². The van der Waals surface area contributed by atoms with E-state index in [4.69, 9.17) is 37.5 Å². The zero-order valence-electron chi connectivity index (χ0n) is 4.21. The number of alkyl halides is 3. The standard InChI is InChI=1S/C2H3Cl3/c1-2(3,4)5/h1H3/i1D2. The second kappa shape index (κ2) is 1.55. The van der Waals surface area contributed by atoms with Gasteiger partial charge in [-0.25, -0.2) is 0 Å². The summed E-state index contributed by atoms with van der Waals surface area (Å²) in [6.45, 7) is -1.41. The largest absolute Gasteiger partial charge is 0.187 e. The van der Waals surface area contributed by atoms with Crippen LogP contribution in [0.25, 0.3) is 0 Å². The third-order valence-electron chi connectivity index (χ3n) is 0. The topological polar surface area (TPSA) is 0 Å². The molecule has 0 aromatic heterocycles. The van der Waals surface area contributed by atoms with Crippen LogP contribution in [0, 0.1) is 0 Å². The summed E-state index contributed by atoms with van der Waals surface area (Å²) in [4.78, 5) is 0. The van der Waals surface area contributed by atoms with E-state index in [1.165, 1.54) is 0 Å². The highest BCUT2D eigenvalue weighted by atomic mass is 35.6. The van der Waals surface area contributed by atoms with Crippen molar-refractivity contribution in [1.82, 2.24) is 0 Å². The highest BCUT2D eigenvalue weighted by Crippen LogP contribution is 2.23. The molecule has 0 nitrogen and oxygen atoms in total. The third-order valence-corrected chi connectivity index (χ3v) is 0. The lowest BCUT2D eigenvalue weighted by Gasteiger charge is -1.94. The van der Waals surface area contributed by atoms with Gasteiger partial charge in [0.15, 0.2) is 3.79 Å². The first-order valence-corrected chi connectivity index (χ1v) is 1.99. The van der Waals surface area contributed by atoms with Crippen molar-refractivity contribution < 1.29 is 2.74 Å². The molecule has 0 radical (unpaired) electrons. The lowest BCUT2D eigenvalue weighted by molar-refractivity contribution is 1.27. The molecule has 0 amide bonds. The average molecular weight is 135 g/mol. The van der Waals surface area contributed by atoms with Crippen LogP contribution in [0.4, 0.5) is 0 Å². The molecule has 0 rings (SSSR count). The van der Waals surface area contributed by atoms with Crippen molar-refractivity contribution in [3.63, 3.8) is 0 Å². The Labute approximate surface area is 48.8 Å². The van der Waals surface area contributed by atoms with E-state index in [-0.39, 0.29) is 0 Å². The average Bonchev–Trinajstić information content (AvgIpc) is 1.31. The number of halogens is 3. The molecule has 0 aliphatic heterocycles. The van der Waals surface area contributed by atoms with Crippen molar-refractivity contribution in [3.05, 3.63) is 0 Å². The minimum atomic E-state index is -1.75. The Hall–Kier alpha value is 0.870. The first-order valence-electron chi connectivity index (χ1n) is 2.01. The van der Waals surface area contributed by atoms with Crippen molar-refractivity contribution in [3.8, 4) is 0 Å². The predicted octanol–water partition coefficient (Wildman–Crippen LogP) is 2.38. The summed E-state index contributed by atoms with van der Waals surface area (Å²) in [6.07, 6.45) is 0. The zero-order chi connectivity index (χ0) is 6.08. The Morgan fingerprint density at radius 2 is 1.80 bits per heavy atom. The van der Waals surface area contributed by atoms with Crippen LogP contribution in [-0.2, 0) is 0 Å². The SMILES string of the molecule is [2H]C([2H])C(Cl)(Cl)Cl. The van der Waals surface area contributed by atoms with E-state index in [1.54, 1.807) is 0 Å². The van der Waals surface area contributed by atoms with Gasteiger partial charge in [0.05, 0.1) is 0 Å².